The number of carbonyl (C=O) groups is 2. The van der Waals surface area contributed by atoms with Crippen molar-refractivity contribution in [1.82, 2.24) is 20.3 Å². The second kappa shape index (κ2) is 9.84. The minimum Gasteiger partial charge on any atom is -0.323 e. The van der Waals surface area contributed by atoms with Crippen LogP contribution in [0, 0.1) is 6.92 Å². The van der Waals surface area contributed by atoms with Gasteiger partial charge >= 0.3 is 0 Å². The van der Waals surface area contributed by atoms with E-state index in [1.165, 1.54) is 12.5 Å². The van der Waals surface area contributed by atoms with Gasteiger partial charge in [0.15, 0.2) is 5.78 Å². The van der Waals surface area contributed by atoms with Gasteiger partial charge in [0.25, 0.3) is 0 Å². The van der Waals surface area contributed by atoms with Gasteiger partial charge in [-0.1, -0.05) is 31.2 Å². The van der Waals surface area contributed by atoms with Gasteiger partial charge in [-0.25, -0.2) is 9.97 Å². The molecule has 2 aromatic heterocycles. The third kappa shape index (κ3) is 5.55. The Morgan fingerprint density at radius 1 is 0.967 bits per heavy atom. The molecule has 0 aliphatic heterocycles. The first-order valence-electron chi connectivity index (χ1n) is 9.84. The van der Waals surface area contributed by atoms with Gasteiger partial charge in [-0.2, -0.15) is 0 Å². The first-order chi connectivity index (χ1) is 14.5. The summed E-state index contributed by atoms with van der Waals surface area (Å²) in [5.41, 5.74) is 4.58. The van der Waals surface area contributed by atoms with Crippen molar-refractivity contribution in [3.8, 4) is 11.1 Å². The number of rotatable bonds is 8. The van der Waals surface area contributed by atoms with Crippen molar-refractivity contribution < 1.29 is 9.59 Å². The van der Waals surface area contributed by atoms with Gasteiger partial charge in [0.05, 0.1) is 12.2 Å². The zero-order valence-corrected chi connectivity index (χ0v) is 17.4. The van der Waals surface area contributed by atoms with Crippen molar-refractivity contribution in [3.05, 3.63) is 71.6 Å². The normalized spacial score (nSPS) is 10.6. The Labute approximate surface area is 176 Å². The average Bonchev–Trinajstić information content (AvgIpc) is 2.75. The topological polar surface area (TPSA) is 96.9 Å². The highest BCUT2D eigenvalue weighted by atomic mass is 16.2. The lowest BCUT2D eigenvalue weighted by Crippen LogP contribution is -2.28. The molecule has 0 saturated heterocycles. The minimum absolute atomic E-state index is 0.0841. The summed E-state index contributed by atoms with van der Waals surface area (Å²) in [6.07, 6.45) is 6.03. The number of hydrogen-bond donors (Lipinski definition) is 2. The van der Waals surface area contributed by atoms with Crippen molar-refractivity contribution in [1.29, 1.82) is 0 Å². The Bertz CT molecular complexity index is 1050. The smallest absolute Gasteiger partial charge is 0.238 e. The maximum Gasteiger partial charge on any atom is 0.238 e. The van der Waals surface area contributed by atoms with E-state index in [9.17, 15) is 9.59 Å². The van der Waals surface area contributed by atoms with Gasteiger partial charge in [0, 0.05) is 43.2 Å². The number of hydrogen-bond acceptors (Lipinski definition) is 6. The number of anilines is 1. The molecule has 7 nitrogen and oxygen atoms in total. The van der Waals surface area contributed by atoms with E-state index in [0.717, 1.165) is 23.1 Å². The summed E-state index contributed by atoms with van der Waals surface area (Å²) in [5, 5.41) is 5.86. The Balaban J connectivity index is 1.71. The summed E-state index contributed by atoms with van der Waals surface area (Å²) in [7, 11) is 0. The van der Waals surface area contributed by atoms with Crippen LogP contribution in [0.1, 0.15) is 41.3 Å². The molecular weight excluding hydrogens is 378 g/mol. The molecule has 7 heteroatoms. The lowest BCUT2D eigenvalue weighted by molar-refractivity contribution is -0.115. The van der Waals surface area contributed by atoms with Gasteiger partial charge in [-0.3, -0.25) is 14.6 Å². The Kier molecular flexibility index (Phi) is 6.98. The van der Waals surface area contributed by atoms with Gasteiger partial charge < -0.3 is 10.6 Å². The molecule has 3 rings (SSSR count). The van der Waals surface area contributed by atoms with Gasteiger partial charge in [0.1, 0.15) is 11.5 Å². The fraction of sp³-hybridized carbons (Fsp3) is 0.261. The maximum absolute atomic E-state index is 12.4. The number of nitrogens with one attached hydrogen (secondary N) is 2. The molecule has 2 heterocycles. The SMILES string of the molecule is CCc1cccc(-c2cnc(C(C)=O)c(NC(=O)CNCc3cnc(C)nc3)c2)c1. The quantitative estimate of drug-likeness (QED) is 0.560. The summed E-state index contributed by atoms with van der Waals surface area (Å²) in [4.78, 5) is 37.0. The van der Waals surface area contributed by atoms with Crippen LogP contribution >= 0.6 is 0 Å². The van der Waals surface area contributed by atoms with Crippen molar-refractivity contribution in [2.45, 2.75) is 33.7 Å². The number of aromatic nitrogens is 3. The molecule has 0 fully saturated rings. The van der Waals surface area contributed by atoms with E-state index in [4.69, 9.17) is 0 Å². The molecule has 3 aromatic rings. The van der Waals surface area contributed by atoms with Crippen LogP contribution in [0.4, 0.5) is 5.69 Å². The van der Waals surface area contributed by atoms with E-state index in [2.05, 4.69) is 44.6 Å². The molecule has 0 bridgehead atoms. The summed E-state index contributed by atoms with van der Waals surface area (Å²) in [5.74, 6) is 0.237. The Morgan fingerprint density at radius 3 is 2.43 bits per heavy atom. The molecule has 1 amide bonds. The van der Waals surface area contributed by atoms with E-state index in [0.29, 0.717) is 18.1 Å². The molecule has 0 unspecified atom stereocenters. The van der Waals surface area contributed by atoms with Gasteiger partial charge in [-0.05, 0) is 30.5 Å². The fourth-order valence-electron chi connectivity index (χ4n) is 2.99. The van der Waals surface area contributed by atoms with Crippen LogP contribution in [-0.4, -0.2) is 33.2 Å². The standard InChI is InChI=1S/C23H25N5O2/c1-4-17-6-5-7-19(8-17)20-9-21(23(15(2)29)27-13-20)28-22(30)14-24-10-18-11-25-16(3)26-12-18/h5-9,11-13,24H,4,10,14H2,1-3H3,(H,28,30). The summed E-state index contributed by atoms with van der Waals surface area (Å²) >= 11 is 0. The van der Waals surface area contributed by atoms with Crippen molar-refractivity contribution >= 4 is 17.4 Å². The highest BCUT2D eigenvalue weighted by Gasteiger charge is 2.14. The van der Waals surface area contributed by atoms with Crippen molar-refractivity contribution in [2.75, 3.05) is 11.9 Å². The van der Waals surface area contributed by atoms with E-state index in [-0.39, 0.29) is 23.9 Å². The second-order valence-corrected chi connectivity index (χ2v) is 7.02. The predicted octanol–water partition coefficient (Wildman–Crippen LogP) is 3.34. The molecule has 0 saturated carbocycles. The Morgan fingerprint density at radius 2 is 1.73 bits per heavy atom. The van der Waals surface area contributed by atoms with E-state index in [1.807, 2.05) is 19.1 Å². The first kappa shape index (κ1) is 21.3. The largest absolute Gasteiger partial charge is 0.323 e. The molecule has 0 aliphatic rings. The maximum atomic E-state index is 12.4. The minimum atomic E-state index is -0.258. The summed E-state index contributed by atoms with van der Waals surface area (Å²) in [6.45, 7) is 5.90. The van der Waals surface area contributed by atoms with E-state index < -0.39 is 0 Å². The number of carbonyl (C=O) groups excluding carboxylic acids is 2. The fourth-order valence-corrected chi connectivity index (χ4v) is 2.99. The third-order valence-electron chi connectivity index (χ3n) is 4.61. The second-order valence-electron chi connectivity index (χ2n) is 7.02. The van der Waals surface area contributed by atoms with Gasteiger partial charge in [0.2, 0.25) is 5.91 Å². The van der Waals surface area contributed by atoms with Crippen LogP contribution in [0.25, 0.3) is 11.1 Å². The Hall–Kier alpha value is -3.45. The van der Waals surface area contributed by atoms with Crippen LogP contribution in [0.3, 0.4) is 0 Å². The van der Waals surface area contributed by atoms with Crippen molar-refractivity contribution in [3.63, 3.8) is 0 Å². The van der Waals surface area contributed by atoms with Crippen molar-refractivity contribution in [2.24, 2.45) is 0 Å². The number of ketones is 1. The molecule has 1 aromatic carbocycles. The molecule has 30 heavy (non-hydrogen) atoms. The number of amides is 1. The van der Waals surface area contributed by atoms with Crippen LogP contribution < -0.4 is 10.6 Å². The van der Waals surface area contributed by atoms with Gasteiger partial charge in [-0.15, -0.1) is 0 Å². The number of benzene rings is 1. The van der Waals surface area contributed by atoms with Crippen LogP contribution in [-0.2, 0) is 17.8 Å². The molecule has 0 atom stereocenters. The zero-order chi connectivity index (χ0) is 21.5. The highest BCUT2D eigenvalue weighted by molar-refractivity contribution is 6.03. The molecule has 2 N–H and O–H groups in total. The molecule has 154 valence electrons. The molecular formula is C23H25N5O2. The lowest BCUT2D eigenvalue weighted by Gasteiger charge is -2.12. The average molecular weight is 403 g/mol. The third-order valence-corrected chi connectivity index (χ3v) is 4.61. The number of nitrogens with zero attached hydrogens (tertiary/aromatic N) is 3. The summed E-state index contributed by atoms with van der Waals surface area (Å²) < 4.78 is 0. The number of aryl methyl sites for hydroxylation is 2. The number of Topliss-reactive ketones (excluding diaryl/α,β-unsaturated/α-hetero) is 1. The van der Waals surface area contributed by atoms with Crippen LogP contribution in [0.2, 0.25) is 0 Å². The zero-order valence-electron chi connectivity index (χ0n) is 17.4. The van der Waals surface area contributed by atoms with E-state index in [1.54, 1.807) is 24.7 Å². The number of pyridine rings is 1. The monoisotopic (exact) mass is 403 g/mol. The summed E-state index contributed by atoms with van der Waals surface area (Å²) in [6, 6.07) is 9.92. The van der Waals surface area contributed by atoms with Crippen LogP contribution in [0.5, 0.6) is 0 Å². The predicted molar refractivity (Wildman–Crippen MR) is 116 cm³/mol. The molecule has 0 spiro atoms. The molecule has 0 aliphatic carbocycles. The highest BCUT2D eigenvalue weighted by Crippen LogP contribution is 2.25. The first-order valence-corrected chi connectivity index (χ1v) is 9.84. The van der Waals surface area contributed by atoms with Crippen LogP contribution in [0.15, 0.2) is 48.9 Å². The lowest BCUT2D eigenvalue weighted by atomic mass is 10.0. The molecule has 0 radical (unpaired) electrons. The van der Waals surface area contributed by atoms with E-state index >= 15 is 0 Å².